The molecule has 5 nitrogen and oxygen atoms in total. The molecule has 3 aliphatic rings. The van der Waals surface area contributed by atoms with E-state index in [0.717, 1.165) is 32.3 Å². The predicted octanol–water partition coefficient (Wildman–Crippen LogP) is 1.07. The monoisotopic (exact) mass is 280 g/mol. The first-order valence-corrected chi connectivity index (χ1v) is 7.93. The largest absolute Gasteiger partial charge is 0.376 e. The number of rotatable bonds is 4. The molecule has 0 aromatic heterocycles. The van der Waals surface area contributed by atoms with Gasteiger partial charge in [-0.3, -0.25) is 9.59 Å². The van der Waals surface area contributed by atoms with Crippen LogP contribution in [-0.2, 0) is 14.3 Å². The number of nitrogens with zero attached hydrogens (tertiary/aromatic N) is 1. The quantitative estimate of drug-likeness (QED) is 0.838. The number of nitrogens with one attached hydrogen (secondary N) is 1. The molecule has 2 amide bonds. The molecular weight excluding hydrogens is 256 g/mol. The maximum atomic E-state index is 12.2. The number of carbonyl (C=O) groups is 2. The van der Waals surface area contributed by atoms with Crippen molar-refractivity contribution in [3.05, 3.63) is 0 Å². The number of ether oxygens (including phenoxy) is 1. The second-order valence-electron chi connectivity index (χ2n) is 6.27. The van der Waals surface area contributed by atoms with Crippen LogP contribution in [-0.4, -0.2) is 48.6 Å². The lowest BCUT2D eigenvalue weighted by Gasteiger charge is -2.24. The highest BCUT2D eigenvalue weighted by Gasteiger charge is 2.38. The molecule has 0 radical (unpaired) electrons. The summed E-state index contributed by atoms with van der Waals surface area (Å²) in [5.74, 6) is 0.0213. The summed E-state index contributed by atoms with van der Waals surface area (Å²) in [5.41, 5.74) is 0. The van der Waals surface area contributed by atoms with E-state index in [1.54, 1.807) is 0 Å². The summed E-state index contributed by atoms with van der Waals surface area (Å²) in [5, 5.41) is 2.96. The highest BCUT2D eigenvalue weighted by molar-refractivity contribution is 5.89. The third-order valence-corrected chi connectivity index (χ3v) is 4.82. The van der Waals surface area contributed by atoms with Crippen LogP contribution in [0.3, 0.4) is 0 Å². The Hall–Kier alpha value is -1.10. The smallest absolute Gasteiger partial charge is 0.225 e. The number of amides is 2. The number of hydrogen-bond donors (Lipinski definition) is 1. The lowest BCUT2D eigenvalue weighted by Crippen LogP contribution is -2.39. The van der Waals surface area contributed by atoms with E-state index in [-0.39, 0.29) is 23.8 Å². The topological polar surface area (TPSA) is 58.6 Å². The molecule has 3 fully saturated rings. The summed E-state index contributed by atoms with van der Waals surface area (Å²) in [6, 6.07) is 0.387. The van der Waals surface area contributed by atoms with Crippen molar-refractivity contribution in [1.82, 2.24) is 10.2 Å². The first-order chi connectivity index (χ1) is 9.74. The van der Waals surface area contributed by atoms with Crippen molar-refractivity contribution in [2.45, 2.75) is 57.1 Å². The van der Waals surface area contributed by atoms with E-state index < -0.39 is 0 Å². The molecule has 2 saturated heterocycles. The second kappa shape index (κ2) is 6.12. The normalized spacial score (nSPS) is 31.2. The van der Waals surface area contributed by atoms with Gasteiger partial charge in [-0.1, -0.05) is 12.8 Å². The Labute approximate surface area is 120 Å². The summed E-state index contributed by atoms with van der Waals surface area (Å²) in [6.07, 6.45) is 7.30. The van der Waals surface area contributed by atoms with Crippen LogP contribution in [0.15, 0.2) is 0 Å². The summed E-state index contributed by atoms with van der Waals surface area (Å²) < 4.78 is 5.50. The minimum atomic E-state index is -0.162. The van der Waals surface area contributed by atoms with Crippen molar-refractivity contribution in [2.75, 3.05) is 19.7 Å². The Balaban J connectivity index is 1.47. The Kier molecular flexibility index (Phi) is 4.24. The summed E-state index contributed by atoms with van der Waals surface area (Å²) in [6.45, 7) is 2.01. The minimum Gasteiger partial charge on any atom is -0.376 e. The van der Waals surface area contributed by atoms with E-state index in [1.807, 2.05) is 4.90 Å². The Morgan fingerprint density at radius 2 is 2.05 bits per heavy atom. The molecule has 0 unspecified atom stereocenters. The van der Waals surface area contributed by atoms with Crippen LogP contribution < -0.4 is 5.32 Å². The zero-order chi connectivity index (χ0) is 13.9. The van der Waals surface area contributed by atoms with Crippen LogP contribution in [0.25, 0.3) is 0 Å². The van der Waals surface area contributed by atoms with Crippen LogP contribution in [0, 0.1) is 5.92 Å². The Morgan fingerprint density at radius 3 is 2.75 bits per heavy atom. The molecule has 1 N–H and O–H groups in total. The van der Waals surface area contributed by atoms with E-state index in [1.165, 1.54) is 12.8 Å². The van der Waals surface area contributed by atoms with Crippen LogP contribution in [0.1, 0.15) is 44.9 Å². The molecule has 0 bridgehead atoms. The van der Waals surface area contributed by atoms with Crippen LogP contribution in [0.5, 0.6) is 0 Å². The van der Waals surface area contributed by atoms with Gasteiger partial charge in [0, 0.05) is 32.2 Å². The van der Waals surface area contributed by atoms with Gasteiger partial charge in [-0.25, -0.2) is 0 Å². The van der Waals surface area contributed by atoms with Gasteiger partial charge in [0.05, 0.1) is 12.0 Å². The molecule has 2 atom stereocenters. The van der Waals surface area contributed by atoms with Gasteiger partial charge in [0.15, 0.2) is 0 Å². The van der Waals surface area contributed by atoms with Gasteiger partial charge >= 0.3 is 0 Å². The van der Waals surface area contributed by atoms with E-state index in [9.17, 15) is 9.59 Å². The first kappa shape index (κ1) is 13.9. The van der Waals surface area contributed by atoms with Gasteiger partial charge in [0.1, 0.15) is 0 Å². The molecule has 3 rings (SSSR count). The standard InChI is InChI=1S/C15H24N2O3/c18-14-8-11(10-17(14)12-4-1-2-5-12)15(19)16-9-13-6-3-7-20-13/h11-13H,1-10H2,(H,16,19)/t11-,13+/m1/s1. The van der Waals surface area contributed by atoms with Gasteiger partial charge in [-0.15, -0.1) is 0 Å². The fourth-order valence-corrected chi connectivity index (χ4v) is 3.64. The average molecular weight is 280 g/mol. The second-order valence-corrected chi connectivity index (χ2v) is 6.27. The summed E-state index contributed by atoms with van der Waals surface area (Å²) >= 11 is 0. The maximum absolute atomic E-state index is 12.2. The number of hydrogen-bond acceptors (Lipinski definition) is 3. The SMILES string of the molecule is O=C(NC[C@@H]1CCCO1)[C@@H]1CC(=O)N(C2CCCC2)C1. The lowest BCUT2D eigenvalue weighted by atomic mass is 10.1. The number of likely N-dealkylation sites (tertiary alicyclic amines) is 1. The van der Waals surface area contributed by atoms with Crippen LogP contribution in [0.2, 0.25) is 0 Å². The van der Waals surface area contributed by atoms with Crippen LogP contribution >= 0.6 is 0 Å². The van der Waals surface area contributed by atoms with E-state index >= 15 is 0 Å². The van der Waals surface area contributed by atoms with Crippen molar-refractivity contribution in [3.8, 4) is 0 Å². The van der Waals surface area contributed by atoms with Crippen molar-refractivity contribution in [1.29, 1.82) is 0 Å². The van der Waals surface area contributed by atoms with Crippen molar-refractivity contribution >= 4 is 11.8 Å². The van der Waals surface area contributed by atoms with Gasteiger partial charge in [0.2, 0.25) is 11.8 Å². The first-order valence-electron chi connectivity index (χ1n) is 7.93. The fraction of sp³-hybridized carbons (Fsp3) is 0.867. The maximum Gasteiger partial charge on any atom is 0.225 e. The molecule has 2 aliphatic heterocycles. The van der Waals surface area contributed by atoms with E-state index in [0.29, 0.717) is 25.6 Å². The third-order valence-electron chi connectivity index (χ3n) is 4.82. The fourth-order valence-electron chi connectivity index (χ4n) is 3.64. The van der Waals surface area contributed by atoms with Gasteiger partial charge in [0.25, 0.3) is 0 Å². The highest BCUT2D eigenvalue weighted by atomic mass is 16.5. The molecule has 1 aliphatic carbocycles. The Morgan fingerprint density at radius 1 is 1.25 bits per heavy atom. The molecular formula is C15H24N2O3. The predicted molar refractivity (Wildman–Crippen MR) is 74.1 cm³/mol. The molecule has 2 heterocycles. The Bertz CT molecular complexity index is 373. The average Bonchev–Trinajstić information content (AvgIpc) is 3.17. The molecule has 20 heavy (non-hydrogen) atoms. The van der Waals surface area contributed by atoms with Crippen LogP contribution in [0.4, 0.5) is 0 Å². The van der Waals surface area contributed by atoms with Gasteiger partial charge in [-0.05, 0) is 25.7 Å². The molecule has 0 aromatic rings. The van der Waals surface area contributed by atoms with E-state index in [2.05, 4.69) is 5.32 Å². The highest BCUT2D eigenvalue weighted by Crippen LogP contribution is 2.29. The summed E-state index contributed by atoms with van der Waals surface area (Å²) in [4.78, 5) is 26.2. The van der Waals surface area contributed by atoms with Gasteiger partial charge < -0.3 is 15.0 Å². The number of carbonyl (C=O) groups excluding carboxylic acids is 2. The lowest BCUT2D eigenvalue weighted by molar-refractivity contribution is -0.130. The molecule has 112 valence electrons. The third kappa shape index (κ3) is 2.97. The molecule has 1 saturated carbocycles. The zero-order valence-electron chi connectivity index (χ0n) is 12.0. The van der Waals surface area contributed by atoms with Crippen molar-refractivity contribution in [2.24, 2.45) is 5.92 Å². The van der Waals surface area contributed by atoms with E-state index in [4.69, 9.17) is 4.74 Å². The molecule has 0 aromatic carbocycles. The molecule has 0 spiro atoms. The van der Waals surface area contributed by atoms with Crippen molar-refractivity contribution in [3.63, 3.8) is 0 Å². The molecule has 5 heteroatoms. The summed E-state index contributed by atoms with van der Waals surface area (Å²) in [7, 11) is 0. The minimum absolute atomic E-state index is 0.0225. The zero-order valence-corrected chi connectivity index (χ0v) is 12.0. The van der Waals surface area contributed by atoms with Gasteiger partial charge in [-0.2, -0.15) is 0 Å². The van der Waals surface area contributed by atoms with Crippen molar-refractivity contribution < 1.29 is 14.3 Å².